The van der Waals surface area contributed by atoms with Crippen LogP contribution in [0.15, 0.2) is 43.0 Å². The van der Waals surface area contributed by atoms with Crippen LogP contribution in [0, 0.1) is 5.92 Å². The molecule has 32 heavy (non-hydrogen) atoms. The summed E-state index contributed by atoms with van der Waals surface area (Å²) >= 11 is 0. The Hall–Kier alpha value is -3.61. The number of nitrogens with zero attached hydrogens (tertiary/aromatic N) is 4. The number of aryl methyl sites for hydroxylation is 1. The van der Waals surface area contributed by atoms with Gasteiger partial charge in [0.15, 0.2) is 0 Å². The highest BCUT2D eigenvalue weighted by molar-refractivity contribution is 6.02. The van der Waals surface area contributed by atoms with Gasteiger partial charge in [-0.3, -0.25) is 9.48 Å². The minimum atomic E-state index is 0.0841. The maximum absolute atomic E-state index is 13.2. The summed E-state index contributed by atoms with van der Waals surface area (Å²) in [5, 5.41) is 5.33. The third-order valence-corrected chi connectivity index (χ3v) is 6.90. The van der Waals surface area contributed by atoms with E-state index >= 15 is 0 Å². The predicted molar refractivity (Wildman–Crippen MR) is 122 cm³/mol. The van der Waals surface area contributed by atoms with Crippen LogP contribution < -0.4 is 4.74 Å². The lowest BCUT2D eigenvalue weighted by Gasteiger charge is -2.24. The summed E-state index contributed by atoms with van der Waals surface area (Å²) in [6.07, 6.45) is 10.1. The van der Waals surface area contributed by atoms with Crippen molar-refractivity contribution in [3.05, 3.63) is 54.1 Å². The molecule has 0 saturated heterocycles. The van der Waals surface area contributed by atoms with Gasteiger partial charge in [-0.2, -0.15) is 5.10 Å². The molecule has 0 spiro atoms. The van der Waals surface area contributed by atoms with Gasteiger partial charge in [-0.15, -0.1) is 0 Å². The lowest BCUT2D eigenvalue weighted by atomic mass is 9.99. The molecule has 1 N–H and O–H groups in total. The summed E-state index contributed by atoms with van der Waals surface area (Å²) in [5.41, 5.74) is 6.66. The van der Waals surface area contributed by atoms with E-state index < -0.39 is 0 Å². The minimum absolute atomic E-state index is 0.0841. The smallest absolute Gasteiger partial charge is 0.258 e. The number of ether oxygens (including phenoxy) is 1. The van der Waals surface area contributed by atoms with Gasteiger partial charge in [-0.25, -0.2) is 4.98 Å². The number of carbonyl (C=O) groups excluding carboxylic acids is 1. The van der Waals surface area contributed by atoms with E-state index in [1.54, 1.807) is 11.8 Å². The average Bonchev–Trinajstić information content (AvgIpc) is 3.29. The van der Waals surface area contributed by atoms with Crippen molar-refractivity contribution in [2.24, 2.45) is 13.0 Å². The summed E-state index contributed by atoms with van der Waals surface area (Å²) < 4.78 is 7.47. The second-order valence-electron chi connectivity index (χ2n) is 8.95. The number of carbonyl (C=O) groups is 1. The quantitative estimate of drug-likeness (QED) is 0.512. The largest absolute Gasteiger partial charge is 0.496 e. The monoisotopic (exact) mass is 427 g/mol. The summed E-state index contributed by atoms with van der Waals surface area (Å²) in [6.45, 7) is 2.80. The maximum atomic E-state index is 13.2. The number of benzene rings is 1. The number of amides is 1. The van der Waals surface area contributed by atoms with Gasteiger partial charge in [0, 0.05) is 60.3 Å². The minimum Gasteiger partial charge on any atom is -0.496 e. The van der Waals surface area contributed by atoms with E-state index in [2.05, 4.69) is 34.1 Å². The van der Waals surface area contributed by atoms with E-state index in [4.69, 9.17) is 4.74 Å². The first-order chi connectivity index (χ1) is 15.5. The Kier molecular flexibility index (Phi) is 4.15. The molecule has 0 radical (unpaired) electrons. The van der Waals surface area contributed by atoms with E-state index in [-0.39, 0.29) is 11.9 Å². The Labute approximate surface area is 186 Å². The fourth-order valence-corrected chi connectivity index (χ4v) is 4.89. The van der Waals surface area contributed by atoms with Crippen molar-refractivity contribution in [3.8, 4) is 28.0 Å². The number of H-pyrrole nitrogens is 1. The van der Waals surface area contributed by atoms with Crippen molar-refractivity contribution in [2.75, 3.05) is 7.11 Å². The molecule has 6 rings (SSSR count). The average molecular weight is 428 g/mol. The molecule has 1 aromatic carbocycles. The molecule has 2 aliphatic rings. The number of fused-ring (bicyclic) bond motifs is 2. The lowest BCUT2D eigenvalue weighted by Crippen LogP contribution is -2.34. The molecular weight excluding hydrogens is 402 g/mol. The van der Waals surface area contributed by atoms with E-state index in [1.165, 1.54) is 12.8 Å². The van der Waals surface area contributed by atoms with Crippen LogP contribution in [-0.2, 0) is 13.6 Å². The molecule has 7 heteroatoms. The summed E-state index contributed by atoms with van der Waals surface area (Å²) in [5.74, 6) is 1.35. The number of aromatic nitrogens is 4. The molecule has 3 aromatic heterocycles. The molecule has 1 atom stereocenters. The van der Waals surface area contributed by atoms with Crippen molar-refractivity contribution in [1.82, 2.24) is 24.6 Å². The molecule has 7 nitrogen and oxygen atoms in total. The van der Waals surface area contributed by atoms with Crippen molar-refractivity contribution >= 4 is 16.9 Å². The Bertz CT molecular complexity index is 1360. The lowest BCUT2D eigenvalue weighted by molar-refractivity contribution is 0.0695. The summed E-state index contributed by atoms with van der Waals surface area (Å²) in [4.78, 5) is 23.1. The van der Waals surface area contributed by atoms with E-state index in [9.17, 15) is 4.79 Å². The highest BCUT2D eigenvalue weighted by atomic mass is 16.5. The Morgan fingerprint density at radius 2 is 2.00 bits per heavy atom. The summed E-state index contributed by atoms with van der Waals surface area (Å²) in [7, 11) is 3.54. The van der Waals surface area contributed by atoms with E-state index in [0.29, 0.717) is 23.8 Å². The van der Waals surface area contributed by atoms with Gasteiger partial charge in [-0.1, -0.05) is 0 Å². The first-order valence-electron chi connectivity index (χ1n) is 11.0. The van der Waals surface area contributed by atoms with Gasteiger partial charge < -0.3 is 14.6 Å². The van der Waals surface area contributed by atoms with Gasteiger partial charge in [0.25, 0.3) is 5.91 Å². The van der Waals surface area contributed by atoms with Crippen LogP contribution in [0.4, 0.5) is 0 Å². The van der Waals surface area contributed by atoms with E-state index in [0.717, 1.165) is 38.9 Å². The van der Waals surface area contributed by atoms with E-state index in [1.807, 2.05) is 42.8 Å². The second-order valence-corrected chi connectivity index (χ2v) is 8.95. The topological polar surface area (TPSA) is 76.0 Å². The van der Waals surface area contributed by atoms with Crippen LogP contribution in [0.5, 0.6) is 5.75 Å². The molecule has 1 saturated carbocycles. The maximum Gasteiger partial charge on any atom is 0.258 e. The van der Waals surface area contributed by atoms with Crippen LogP contribution in [-0.4, -0.2) is 43.7 Å². The number of hydrogen-bond acceptors (Lipinski definition) is 4. The fraction of sp³-hybridized carbons (Fsp3) is 0.320. The highest BCUT2D eigenvalue weighted by Gasteiger charge is 2.40. The third-order valence-electron chi connectivity index (χ3n) is 6.90. The molecule has 1 amide bonds. The number of methoxy groups -OCH3 is 1. The van der Waals surface area contributed by atoms with Crippen LogP contribution in [0.2, 0.25) is 0 Å². The molecule has 0 unspecified atom stereocenters. The zero-order valence-electron chi connectivity index (χ0n) is 18.4. The van der Waals surface area contributed by atoms with Gasteiger partial charge in [0.2, 0.25) is 0 Å². The van der Waals surface area contributed by atoms with Crippen LogP contribution in [0.3, 0.4) is 0 Å². The van der Waals surface area contributed by atoms with Gasteiger partial charge >= 0.3 is 0 Å². The summed E-state index contributed by atoms with van der Waals surface area (Å²) in [6, 6.07) is 6.49. The molecule has 1 aliphatic heterocycles. The van der Waals surface area contributed by atoms with Gasteiger partial charge in [0.1, 0.15) is 11.4 Å². The number of hydrogen-bond donors (Lipinski definition) is 1. The molecular formula is C25H25N5O2. The number of aromatic amines is 1. The number of rotatable bonds is 5. The highest BCUT2D eigenvalue weighted by Crippen LogP contribution is 2.42. The molecule has 0 bridgehead atoms. The normalized spacial score (nSPS) is 16.6. The number of nitrogens with one attached hydrogen (secondary N) is 1. The zero-order valence-corrected chi connectivity index (χ0v) is 18.4. The number of pyridine rings is 1. The van der Waals surface area contributed by atoms with Crippen molar-refractivity contribution in [1.29, 1.82) is 0 Å². The molecule has 1 fully saturated rings. The molecule has 4 heterocycles. The SMILES string of the molecule is COc1cc(-c2cnc3[nH]cc(-c4cnn(C)c4)c3c2)cc2c1C(=O)N([C@@H](C)C1CC1)C2. The molecule has 4 aromatic rings. The van der Waals surface area contributed by atoms with Crippen LogP contribution in [0.1, 0.15) is 35.7 Å². The molecule has 1 aliphatic carbocycles. The Morgan fingerprint density at radius 1 is 1.16 bits per heavy atom. The van der Waals surface area contributed by atoms with Crippen molar-refractivity contribution < 1.29 is 9.53 Å². The predicted octanol–water partition coefficient (Wildman–Crippen LogP) is 4.39. The first-order valence-corrected chi connectivity index (χ1v) is 11.0. The first kappa shape index (κ1) is 19.1. The van der Waals surface area contributed by atoms with Gasteiger partial charge in [0.05, 0.1) is 18.9 Å². The third kappa shape index (κ3) is 2.92. The zero-order chi connectivity index (χ0) is 22.0. The second kappa shape index (κ2) is 6.95. The fourth-order valence-electron chi connectivity index (χ4n) is 4.89. The van der Waals surface area contributed by atoms with Crippen LogP contribution in [0.25, 0.3) is 33.3 Å². The Balaban J connectivity index is 1.43. The Morgan fingerprint density at radius 3 is 2.72 bits per heavy atom. The van der Waals surface area contributed by atoms with Crippen molar-refractivity contribution in [3.63, 3.8) is 0 Å². The standard InChI is InChI=1S/C25H25N5O2/c1-14(15-4-5-15)30-13-18-6-16(8-22(32-3)23(18)25(30)31)17-7-20-21(11-27-24(20)26-9-17)19-10-28-29(2)12-19/h6-12,14-15H,4-5,13H2,1-3H3,(H,26,27)/t14-/m0/s1. The molecule has 162 valence electrons. The van der Waals surface area contributed by atoms with Crippen LogP contribution >= 0.6 is 0 Å². The van der Waals surface area contributed by atoms with Gasteiger partial charge in [-0.05, 0) is 55.0 Å². The van der Waals surface area contributed by atoms with Crippen molar-refractivity contribution in [2.45, 2.75) is 32.4 Å².